The summed E-state index contributed by atoms with van der Waals surface area (Å²) < 4.78 is 17.6. The normalized spacial score (nSPS) is 11.2. The molecule has 0 radical (unpaired) electrons. The summed E-state index contributed by atoms with van der Waals surface area (Å²) in [5, 5.41) is 9.25. The fraction of sp³-hybridized carbons (Fsp3) is 0.182. The van der Waals surface area contributed by atoms with Crippen LogP contribution in [-0.2, 0) is 9.53 Å². The molecule has 0 bridgehead atoms. The maximum Gasteiger partial charge on any atom is 0.373 e. The highest BCUT2D eigenvalue weighted by Gasteiger charge is 2.09. The lowest BCUT2D eigenvalue weighted by Crippen LogP contribution is -2.06. The molecule has 1 N–H and O–H groups in total. The van der Waals surface area contributed by atoms with Crippen molar-refractivity contribution >= 4 is 12.0 Å². The van der Waals surface area contributed by atoms with Crippen molar-refractivity contribution in [3.05, 3.63) is 41.4 Å². The Morgan fingerprint density at radius 3 is 2.80 bits per heavy atom. The lowest BCUT2D eigenvalue weighted by atomic mass is 10.2. The van der Waals surface area contributed by atoms with Crippen LogP contribution in [0.4, 0.5) is 4.39 Å². The molecular formula is C11H11FO3. The molecule has 0 unspecified atom stereocenters. The van der Waals surface area contributed by atoms with Crippen molar-refractivity contribution in [2.24, 2.45) is 0 Å². The monoisotopic (exact) mass is 210 g/mol. The van der Waals surface area contributed by atoms with Crippen molar-refractivity contribution in [1.29, 1.82) is 0 Å². The van der Waals surface area contributed by atoms with E-state index in [1.165, 1.54) is 18.2 Å². The van der Waals surface area contributed by atoms with Crippen molar-refractivity contribution in [2.75, 3.05) is 6.61 Å². The van der Waals surface area contributed by atoms with Crippen LogP contribution in [0.3, 0.4) is 0 Å². The molecule has 0 amide bonds. The predicted molar refractivity (Wildman–Crippen MR) is 53.6 cm³/mol. The molecule has 0 aliphatic heterocycles. The van der Waals surface area contributed by atoms with Crippen molar-refractivity contribution in [3.8, 4) is 0 Å². The van der Waals surface area contributed by atoms with Gasteiger partial charge in [0.25, 0.3) is 0 Å². The lowest BCUT2D eigenvalue weighted by Gasteiger charge is -2.00. The van der Waals surface area contributed by atoms with Crippen LogP contribution in [0, 0.1) is 5.82 Å². The third-order valence-electron chi connectivity index (χ3n) is 1.68. The summed E-state index contributed by atoms with van der Waals surface area (Å²) in [6.07, 6.45) is 1.04. The highest BCUT2D eigenvalue weighted by molar-refractivity contribution is 5.90. The van der Waals surface area contributed by atoms with Gasteiger partial charge in [0.15, 0.2) is 0 Å². The van der Waals surface area contributed by atoms with E-state index < -0.39 is 17.5 Å². The second-order valence-corrected chi connectivity index (χ2v) is 2.77. The molecule has 0 atom stereocenters. The van der Waals surface area contributed by atoms with Gasteiger partial charge in [0.1, 0.15) is 5.82 Å². The number of carbonyl (C=O) groups excluding carboxylic acids is 1. The van der Waals surface area contributed by atoms with Crippen LogP contribution in [0.2, 0.25) is 0 Å². The Kier molecular flexibility index (Phi) is 3.85. The second kappa shape index (κ2) is 5.14. The van der Waals surface area contributed by atoms with Crippen LogP contribution in [-0.4, -0.2) is 17.7 Å². The van der Waals surface area contributed by atoms with Gasteiger partial charge in [0, 0.05) is 5.56 Å². The van der Waals surface area contributed by atoms with Crippen LogP contribution < -0.4 is 0 Å². The van der Waals surface area contributed by atoms with E-state index in [-0.39, 0.29) is 12.2 Å². The van der Waals surface area contributed by atoms with E-state index in [0.717, 1.165) is 6.08 Å². The van der Waals surface area contributed by atoms with Crippen molar-refractivity contribution in [2.45, 2.75) is 6.92 Å². The number of aliphatic hydroxyl groups excluding tert-OH is 1. The molecule has 1 rings (SSSR count). The minimum absolute atomic E-state index is 0.142. The van der Waals surface area contributed by atoms with E-state index in [2.05, 4.69) is 4.74 Å². The molecule has 0 saturated heterocycles. The summed E-state index contributed by atoms with van der Waals surface area (Å²) in [4.78, 5) is 11.0. The van der Waals surface area contributed by atoms with E-state index in [1.807, 2.05) is 0 Å². The van der Waals surface area contributed by atoms with Crippen LogP contribution in [0.25, 0.3) is 6.08 Å². The van der Waals surface area contributed by atoms with Crippen molar-refractivity contribution in [1.82, 2.24) is 0 Å². The lowest BCUT2D eigenvalue weighted by molar-refractivity contribution is -0.141. The van der Waals surface area contributed by atoms with E-state index >= 15 is 0 Å². The van der Waals surface area contributed by atoms with E-state index in [4.69, 9.17) is 0 Å². The Bertz CT molecular complexity index is 385. The standard InChI is InChI=1S/C11H11FO3/c1-2-15-11(14)10(13)7-8-5-3-4-6-9(8)12/h3-7,13H,2H2,1H3/b10-7-. The first-order valence-corrected chi connectivity index (χ1v) is 4.47. The molecule has 80 valence electrons. The van der Waals surface area contributed by atoms with Crippen molar-refractivity contribution < 1.29 is 19.0 Å². The number of hydrogen-bond acceptors (Lipinski definition) is 3. The molecule has 0 spiro atoms. The number of carbonyl (C=O) groups is 1. The highest BCUT2D eigenvalue weighted by Crippen LogP contribution is 2.10. The molecule has 15 heavy (non-hydrogen) atoms. The van der Waals surface area contributed by atoms with Gasteiger partial charge >= 0.3 is 5.97 Å². The SMILES string of the molecule is CCOC(=O)/C(O)=C/c1ccccc1F. The zero-order valence-electron chi connectivity index (χ0n) is 8.24. The Morgan fingerprint density at radius 2 is 2.20 bits per heavy atom. The summed E-state index contributed by atoms with van der Waals surface area (Å²) in [5.41, 5.74) is 0.142. The smallest absolute Gasteiger partial charge is 0.373 e. The number of halogens is 1. The number of rotatable bonds is 3. The molecule has 4 heteroatoms. The number of hydrogen-bond donors (Lipinski definition) is 1. The maximum absolute atomic E-state index is 13.1. The molecule has 3 nitrogen and oxygen atoms in total. The molecule has 0 saturated carbocycles. The third-order valence-corrected chi connectivity index (χ3v) is 1.68. The van der Waals surface area contributed by atoms with Gasteiger partial charge in [0.2, 0.25) is 5.76 Å². The molecule has 0 fully saturated rings. The molecule has 0 heterocycles. The average molecular weight is 210 g/mol. The molecule has 0 aromatic heterocycles. The average Bonchev–Trinajstić information content (AvgIpc) is 2.21. The number of esters is 1. The van der Waals surface area contributed by atoms with E-state index in [9.17, 15) is 14.3 Å². The summed E-state index contributed by atoms with van der Waals surface area (Å²) >= 11 is 0. The topological polar surface area (TPSA) is 46.5 Å². The quantitative estimate of drug-likeness (QED) is 0.473. The summed E-state index contributed by atoms with van der Waals surface area (Å²) in [7, 11) is 0. The predicted octanol–water partition coefficient (Wildman–Crippen LogP) is 2.29. The molecule has 0 aliphatic carbocycles. The van der Waals surface area contributed by atoms with Gasteiger partial charge in [-0.2, -0.15) is 0 Å². The van der Waals surface area contributed by atoms with Gasteiger partial charge < -0.3 is 9.84 Å². The van der Waals surface area contributed by atoms with Crippen LogP contribution in [0.1, 0.15) is 12.5 Å². The van der Waals surface area contributed by atoms with E-state index in [1.54, 1.807) is 13.0 Å². The maximum atomic E-state index is 13.1. The summed E-state index contributed by atoms with van der Waals surface area (Å²) in [6, 6.07) is 5.82. The summed E-state index contributed by atoms with van der Waals surface area (Å²) in [6.45, 7) is 1.78. The van der Waals surface area contributed by atoms with Crippen LogP contribution in [0.5, 0.6) is 0 Å². The van der Waals surface area contributed by atoms with Gasteiger partial charge in [-0.25, -0.2) is 9.18 Å². The first-order valence-electron chi connectivity index (χ1n) is 4.47. The zero-order chi connectivity index (χ0) is 11.3. The largest absolute Gasteiger partial charge is 0.502 e. The number of benzene rings is 1. The number of ether oxygens (including phenoxy) is 1. The Labute approximate surface area is 86.8 Å². The highest BCUT2D eigenvalue weighted by atomic mass is 19.1. The van der Waals surface area contributed by atoms with Gasteiger partial charge in [-0.15, -0.1) is 0 Å². The first kappa shape index (κ1) is 11.2. The molecule has 1 aromatic rings. The Hall–Kier alpha value is -1.84. The first-order chi connectivity index (χ1) is 7.15. The van der Waals surface area contributed by atoms with Gasteiger partial charge in [-0.1, -0.05) is 18.2 Å². The van der Waals surface area contributed by atoms with Gasteiger partial charge in [-0.3, -0.25) is 0 Å². The molecule has 0 aliphatic rings. The van der Waals surface area contributed by atoms with Crippen LogP contribution >= 0.6 is 0 Å². The molecule has 1 aromatic carbocycles. The van der Waals surface area contributed by atoms with Crippen LogP contribution in [0.15, 0.2) is 30.0 Å². The fourth-order valence-corrected chi connectivity index (χ4v) is 1.00. The number of aliphatic hydroxyl groups is 1. The van der Waals surface area contributed by atoms with Gasteiger partial charge in [0.05, 0.1) is 6.61 Å². The minimum atomic E-state index is -0.860. The van der Waals surface area contributed by atoms with Gasteiger partial charge in [-0.05, 0) is 19.1 Å². The Morgan fingerprint density at radius 1 is 1.53 bits per heavy atom. The zero-order valence-corrected chi connectivity index (χ0v) is 8.24. The fourth-order valence-electron chi connectivity index (χ4n) is 1.00. The molecular weight excluding hydrogens is 199 g/mol. The van der Waals surface area contributed by atoms with Crippen molar-refractivity contribution in [3.63, 3.8) is 0 Å². The Balaban J connectivity index is 2.88. The van der Waals surface area contributed by atoms with E-state index in [0.29, 0.717) is 0 Å². The summed E-state index contributed by atoms with van der Waals surface area (Å²) in [5.74, 6) is -1.98. The minimum Gasteiger partial charge on any atom is -0.502 e. The second-order valence-electron chi connectivity index (χ2n) is 2.77. The third kappa shape index (κ3) is 3.09.